The van der Waals surface area contributed by atoms with Gasteiger partial charge < -0.3 is 9.84 Å². The quantitative estimate of drug-likeness (QED) is 0.888. The molecule has 1 heterocycles. The molecule has 0 saturated carbocycles. The number of rotatable bonds is 4. The van der Waals surface area contributed by atoms with Crippen LogP contribution >= 0.6 is 15.9 Å². The number of benzene rings is 1. The molecule has 2 rings (SSSR count). The fourth-order valence-electron chi connectivity index (χ4n) is 2.19. The molecule has 1 aromatic rings. The summed E-state index contributed by atoms with van der Waals surface area (Å²) in [7, 11) is -3.51. The highest BCUT2D eigenvalue weighted by molar-refractivity contribution is 9.10. The molecule has 7 heteroatoms. The van der Waals surface area contributed by atoms with Gasteiger partial charge in [-0.1, -0.05) is 0 Å². The molecule has 0 aromatic heterocycles. The summed E-state index contributed by atoms with van der Waals surface area (Å²) in [5, 5.41) is 8.96. The van der Waals surface area contributed by atoms with E-state index in [0.29, 0.717) is 17.7 Å². The van der Waals surface area contributed by atoms with Gasteiger partial charge in [0.05, 0.1) is 16.2 Å². The van der Waals surface area contributed by atoms with E-state index in [1.807, 2.05) is 0 Å². The monoisotopic (exact) mass is 362 g/mol. The Kier molecular flexibility index (Phi) is 4.82. The zero-order valence-corrected chi connectivity index (χ0v) is 13.1. The summed E-state index contributed by atoms with van der Waals surface area (Å²) in [4.78, 5) is 11.0. The number of carbonyl (C=O) groups is 1. The summed E-state index contributed by atoms with van der Waals surface area (Å²) in [5.41, 5.74) is -0.0289. The predicted molar refractivity (Wildman–Crippen MR) is 76.7 cm³/mol. The van der Waals surface area contributed by atoms with Crippen molar-refractivity contribution in [2.24, 2.45) is 5.92 Å². The zero-order valence-electron chi connectivity index (χ0n) is 10.7. The minimum Gasteiger partial charge on any atom is -0.478 e. The number of hydrogen-bond donors (Lipinski definition) is 1. The maximum absolute atomic E-state index is 12.4. The van der Waals surface area contributed by atoms with Crippen LogP contribution in [0.5, 0.6) is 0 Å². The molecule has 0 spiro atoms. The van der Waals surface area contributed by atoms with Crippen LogP contribution in [0.2, 0.25) is 0 Å². The minimum atomic E-state index is -3.51. The molecule has 0 unspecified atom stereocenters. The van der Waals surface area contributed by atoms with Crippen LogP contribution in [0, 0.1) is 5.92 Å². The van der Waals surface area contributed by atoms with Crippen LogP contribution in [0.15, 0.2) is 27.6 Å². The van der Waals surface area contributed by atoms with Crippen LogP contribution in [0.1, 0.15) is 23.2 Å². The molecule has 1 aromatic carbocycles. The van der Waals surface area contributed by atoms with Crippen LogP contribution in [0.4, 0.5) is 0 Å². The summed E-state index contributed by atoms with van der Waals surface area (Å²) < 4.78 is 30.5. The second-order valence-electron chi connectivity index (χ2n) is 4.79. The standard InChI is InChI=1S/C13H15BrO5S/c14-11-2-1-10(13(15)16)7-12(11)20(17,18)8-9-3-5-19-6-4-9/h1-2,7,9H,3-6,8H2,(H,15,16). The lowest BCUT2D eigenvalue weighted by Gasteiger charge is -2.22. The average molecular weight is 363 g/mol. The summed E-state index contributed by atoms with van der Waals surface area (Å²) in [6.07, 6.45) is 1.44. The van der Waals surface area contributed by atoms with Crippen molar-refractivity contribution in [3.8, 4) is 0 Å². The van der Waals surface area contributed by atoms with Gasteiger partial charge in [0, 0.05) is 17.7 Å². The van der Waals surface area contributed by atoms with Crippen molar-refractivity contribution < 1.29 is 23.1 Å². The van der Waals surface area contributed by atoms with E-state index >= 15 is 0 Å². The summed E-state index contributed by atoms with van der Waals surface area (Å²) in [6, 6.07) is 4.04. The number of sulfone groups is 1. The molecule has 5 nitrogen and oxygen atoms in total. The first-order chi connectivity index (χ1) is 9.40. The normalized spacial score (nSPS) is 17.1. The molecule has 1 aliphatic heterocycles. The van der Waals surface area contributed by atoms with E-state index in [-0.39, 0.29) is 22.1 Å². The van der Waals surface area contributed by atoms with Crippen molar-refractivity contribution in [1.29, 1.82) is 0 Å². The second kappa shape index (κ2) is 6.24. The Morgan fingerprint density at radius 2 is 2.00 bits per heavy atom. The van der Waals surface area contributed by atoms with Crippen LogP contribution in [0.3, 0.4) is 0 Å². The highest BCUT2D eigenvalue weighted by atomic mass is 79.9. The topological polar surface area (TPSA) is 80.7 Å². The van der Waals surface area contributed by atoms with Crippen molar-refractivity contribution in [2.45, 2.75) is 17.7 Å². The lowest BCUT2D eigenvalue weighted by molar-refractivity contribution is 0.0696. The first-order valence-electron chi connectivity index (χ1n) is 6.23. The van der Waals surface area contributed by atoms with Crippen LogP contribution < -0.4 is 0 Å². The number of aromatic carboxylic acids is 1. The van der Waals surface area contributed by atoms with Crippen molar-refractivity contribution >= 4 is 31.7 Å². The molecular weight excluding hydrogens is 348 g/mol. The highest BCUT2D eigenvalue weighted by Crippen LogP contribution is 2.27. The molecule has 1 saturated heterocycles. The van der Waals surface area contributed by atoms with Gasteiger partial charge in [0.2, 0.25) is 0 Å². The van der Waals surface area contributed by atoms with Gasteiger partial charge in [-0.15, -0.1) is 0 Å². The minimum absolute atomic E-state index is 0.0258. The Morgan fingerprint density at radius 1 is 1.35 bits per heavy atom. The van der Waals surface area contributed by atoms with Gasteiger partial charge in [-0.25, -0.2) is 13.2 Å². The van der Waals surface area contributed by atoms with E-state index in [0.717, 1.165) is 12.8 Å². The Hall–Kier alpha value is -0.920. The average Bonchev–Trinajstić information content (AvgIpc) is 2.39. The molecule has 0 radical (unpaired) electrons. The lowest BCUT2D eigenvalue weighted by Crippen LogP contribution is -2.24. The summed E-state index contributed by atoms with van der Waals surface area (Å²) in [5.74, 6) is -1.05. The van der Waals surface area contributed by atoms with Gasteiger partial charge in [-0.3, -0.25) is 0 Å². The van der Waals surface area contributed by atoms with Gasteiger partial charge >= 0.3 is 5.97 Å². The molecule has 0 aliphatic carbocycles. The van der Waals surface area contributed by atoms with Gasteiger partial charge in [-0.05, 0) is 52.9 Å². The molecule has 1 fully saturated rings. The lowest BCUT2D eigenvalue weighted by atomic mass is 10.0. The third kappa shape index (κ3) is 3.59. The molecule has 1 N–H and O–H groups in total. The van der Waals surface area contributed by atoms with Crippen LogP contribution in [-0.2, 0) is 14.6 Å². The smallest absolute Gasteiger partial charge is 0.335 e. The third-order valence-corrected chi connectivity index (χ3v) is 6.18. The number of carboxylic acid groups (broad SMARTS) is 1. The largest absolute Gasteiger partial charge is 0.478 e. The maximum Gasteiger partial charge on any atom is 0.335 e. The molecule has 1 aliphatic rings. The summed E-state index contributed by atoms with van der Waals surface area (Å²) in [6.45, 7) is 1.16. The molecule has 110 valence electrons. The molecule has 0 amide bonds. The fraction of sp³-hybridized carbons (Fsp3) is 0.462. The van der Waals surface area contributed by atoms with Crippen LogP contribution in [-0.4, -0.2) is 38.5 Å². The summed E-state index contributed by atoms with van der Waals surface area (Å²) >= 11 is 3.18. The van der Waals surface area contributed by atoms with E-state index in [4.69, 9.17) is 9.84 Å². The van der Waals surface area contributed by atoms with Gasteiger partial charge in [0.15, 0.2) is 9.84 Å². The zero-order chi connectivity index (χ0) is 14.8. The SMILES string of the molecule is O=C(O)c1ccc(Br)c(S(=O)(=O)CC2CCOCC2)c1. The number of halogens is 1. The molecule has 20 heavy (non-hydrogen) atoms. The first-order valence-corrected chi connectivity index (χ1v) is 8.68. The Morgan fingerprint density at radius 3 is 2.60 bits per heavy atom. The second-order valence-corrected chi connectivity index (χ2v) is 7.64. The Balaban J connectivity index is 2.28. The first kappa shape index (κ1) is 15.5. The Bertz CT molecular complexity index is 605. The molecule has 0 bridgehead atoms. The van der Waals surface area contributed by atoms with Crippen molar-refractivity contribution in [2.75, 3.05) is 19.0 Å². The van der Waals surface area contributed by atoms with Gasteiger partial charge in [-0.2, -0.15) is 0 Å². The van der Waals surface area contributed by atoms with E-state index in [2.05, 4.69) is 15.9 Å². The van der Waals surface area contributed by atoms with E-state index < -0.39 is 15.8 Å². The molecule has 0 atom stereocenters. The van der Waals surface area contributed by atoms with Gasteiger partial charge in [0.1, 0.15) is 0 Å². The van der Waals surface area contributed by atoms with Crippen molar-refractivity contribution in [3.63, 3.8) is 0 Å². The fourth-order valence-corrected chi connectivity index (χ4v) is 4.98. The van der Waals surface area contributed by atoms with E-state index in [1.54, 1.807) is 0 Å². The maximum atomic E-state index is 12.4. The predicted octanol–water partition coefficient (Wildman–Crippen LogP) is 2.35. The Labute approximate surface area is 126 Å². The van der Waals surface area contributed by atoms with E-state index in [9.17, 15) is 13.2 Å². The highest BCUT2D eigenvalue weighted by Gasteiger charge is 2.25. The third-order valence-electron chi connectivity index (χ3n) is 3.31. The van der Waals surface area contributed by atoms with Crippen molar-refractivity contribution in [3.05, 3.63) is 28.2 Å². The molecular formula is C13H15BrO5S. The van der Waals surface area contributed by atoms with Gasteiger partial charge in [0.25, 0.3) is 0 Å². The number of hydrogen-bond acceptors (Lipinski definition) is 4. The number of ether oxygens (including phenoxy) is 1. The van der Waals surface area contributed by atoms with E-state index in [1.165, 1.54) is 18.2 Å². The van der Waals surface area contributed by atoms with Crippen molar-refractivity contribution in [1.82, 2.24) is 0 Å². The number of carboxylic acids is 1. The van der Waals surface area contributed by atoms with Crippen LogP contribution in [0.25, 0.3) is 0 Å².